The molecule has 5 heteroatoms. The average Bonchev–Trinajstić information content (AvgIpc) is 3.72. The minimum absolute atomic E-state index is 0.641. The van der Waals surface area contributed by atoms with E-state index in [9.17, 15) is 0 Å². The van der Waals surface area contributed by atoms with Crippen LogP contribution in [0.1, 0.15) is 0 Å². The van der Waals surface area contributed by atoms with Crippen molar-refractivity contribution in [3.8, 4) is 51.0 Å². The van der Waals surface area contributed by atoms with Crippen LogP contribution in [-0.4, -0.2) is 23.9 Å². The highest BCUT2D eigenvalue weighted by molar-refractivity contribution is 6.20. The van der Waals surface area contributed by atoms with E-state index >= 15 is 0 Å². The Hall–Kier alpha value is -6.85. The third-order valence-electron chi connectivity index (χ3n) is 9.58. The van der Waals surface area contributed by atoms with Crippen LogP contribution in [0.5, 0.6) is 0 Å². The van der Waals surface area contributed by atoms with Crippen LogP contribution < -0.4 is 0 Å². The molecule has 0 aliphatic heterocycles. The van der Waals surface area contributed by atoms with Crippen molar-refractivity contribution >= 4 is 38.2 Å². The van der Waals surface area contributed by atoms with E-state index in [2.05, 4.69) is 124 Å². The van der Waals surface area contributed by atoms with Crippen LogP contribution in [0.3, 0.4) is 0 Å². The Bertz CT molecular complexity index is 2780. The van der Waals surface area contributed by atoms with Gasteiger partial charge in [0, 0.05) is 50.3 Å². The Labute approximate surface area is 288 Å². The van der Waals surface area contributed by atoms with Gasteiger partial charge in [-0.2, -0.15) is 0 Å². The van der Waals surface area contributed by atoms with Gasteiger partial charge in [0.2, 0.25) is 0 Å². The summed E-state index contributed by atoms with van der Waals surface area (Å²) in [6.45, 7) is 0. The zero-order valence-corrected chi connectivity index (χ0v) is 27.0. The molecule has 234 valence electrons. The zero-order valence-electron chi connectivity index (χ0n) is 27.0. The number of hydrogen-bond donors (Lipinski definition) is 0. The quantitative estimate of drug-likeness (QED) is 0.188. The normalized spacial score (nSPS) is 11.6. The molecule has 5 nitrogen and oxygen atoms in total. The summed E-state index contributed by atoms with van der Waals surface area (Å²) in [7, 11) is 0. The first kappa shape index (κ1) is 28.2. The summed E-state index contributed by atoms with van der Waals surface area (Å²) in [5, 5.41) is 3.67. The number of hydrogen-bond acceptors (Lipinski definition) is 3. The van der Waals surface area contributed by atoms with Crippen molar-refractivity contribution in [2.75, 3.05) is 0 Å². The van der Waals surface area contributed by atoms with Crippen LogP contribution in [0, 0.1) is 0 Å². The maximum Gasteiger partial charge on any atom is 0.164 e. The highest BCUT2D eigenvalue weighted by Crippen LogP contribution is 2.43. The molecule has 0 atom stereocenters. The summed E-state index contributed by atoms with van der Waals surface area (Å²) < 4.78 is 4.77. The molecular weight excluding hydrogens is 611 g/mol. The highest BCUT2D eigenvalue weighted by Gasteiger charge is 2.22. The summed E-state index contributed by atoms with van der Waals surface area (Å²) in [4.78, 5) is 14.8. The van der Waals surface area contributed by atoms with Gasteiger partial charge in [0.1, 0.15) is 0 Å². The molecule has 0 radical (unpaired) electrons. The summed E-state index contributed by atoms with van der Waals surface area (Å²) >= 11 is 0. The molecule has 10 aromatic rings. The van der Waals surface area contributed by atoms with E-state index in [0.717, 1.165) is 27.9 Å². The van der Waals surface area contributed by atoms with E-state index < -0.39 is 0 Å². The van der Waals surface area contributed by atoms with Gasteiger partial charge in [0.15, 0.2) is 17.5 Å². The Morgan fingerprint density at radius 1 is 0.340 bits per heavy atom. The molecular formula is C45H29N5. The van der Waals surface area contributed by atoms with E-state index in [0.29, 0.717) is 17.5 Å². The Morgan fingerprint density at radius 2 is 0.820 bits per heavy atom. The molecule has 4 aromatic heterocycles. The van der Waals surface area contributed by atoms with Crippen LogP contribution in [0.4, 0.5) is 0 Å². The molecule has 0 aliphatic rings. The number of nitrogens with zero attached hydrogens (tertiary/aromatic N) is 5. The standard InChI is InChI=1S/C45H29N5/c1-4-14-31(15-5-1)43-46-44(32-16-6-2-7-17-32)48-45(47-43)33-26-24-30(25-27-33)40-37-21-11-12-22-38(37)49-29-28-36-35-20-10-13-23-39(35)50(41(36)42(40)49)34-18-8-3-9-19-34/h1-29H. The fourth-order valence-electron chi connectivity index (χ4n) is 7.33. The van der Waals surface area contributed by atoms with Gasteiger partial charge in [-0.15, -0.1) is 0 Å². The van der Waals surface area contributed by atoms with Crippen LogP contribution in [0.2, 0.25) is 0 Å². The minimum Gasteiger partial charge on any atom is -0.314 e. The van der Waals surface area contributed by atoms with Gasteiger partial charge >= 0.3 is 0 Å². The summed E-state index contributed by atoms with van der Waals surface area (Å²) in [6.07, 6.45) is 2.22. The molecule has 0 N–H and O–H groups in total. The topological polar surface area (TPSA) is 48.0 Å². The second-order valence-corrected chi connectivity index (χ2v) is 12.5. The number of benzene rings is 6. The van der Waals surface area contributed by atoms with Gasteiger partial charge in [-0.05, 0) is 35.9 Å². The van der Waals surface area contributed by atoms with Crippen LogP contribution in [0.25, 0.3) is 89.2 Å². The molecule has 0 saturated heterocycles. The van der Waals surface area contributed by atoms with E-state index in [1.54, 1.807) is 0 Å². The van der Waals surface area contributed by atoms with Crippen molar-refractivity contribution in [3.05, 3.63) is 176 Å². The average molecular weight is 640 g/mol. The Kier molecular flexibility index (Phi) is 6.42. The van der Waals surface area contributed by atoms with Crippen LogP contribution in [-0.2, 0) is 0 Å². The first-order chi connectivity index (χ1) is 24.8. The van der Waals surface area contributed by atoms with Crippen molar-refractivity contribution in [2.24, 2.45) is 0 Å². The SMILES string of the molecule is c1ccc(-c2nc(-c3ccccc3)nc(-c3ccc(-c4c5ccccc5n5ccc6c7ccccc7n(-c7ccccc7)c6c45)cc3)n2)cc1. The van der Waals surface area contributed by atoms with Crippen molar-refractivity contribution in [1.82, 2.24) is 23.9 Å². The monoisotopic (exact) mass is 639 g/mol. The lowest BCUT2D eigenvalue weighted by molar-refractivity contribution is 1.07. The number of rotatable bonds is 5. The van der Waals surface area contributed by atoms with E-state index in [1.165, 1.54) is 43.8 Å². The van der Waals surface area contributed by atoms with Gasteiger partial charge in [0.25, 0.3) is 0 Å². The van der Waals surface area contributed by atoms with Gasteiger partial charge < -0.3 is 8.97 Å². The third kappa shape index (κ3) is 4.45. The Morgan fingerprint density at radius 3 is 1.44 bits per heavy atom. The zero-order chi connectivity index (χ0) is 33.0. The highest BCUT2D eigenvalue weighted by atomic mass is 15.0. The molecule has 0 aliphatic carbocycles. The molecule has 50 heavy (non-hydrogen) atoms. The van der Waals surface area contributed by atoms with Crippen LogP contribution >= 0.6 is 0 Å². The Balaban J connectivity index is 1.21. The van der Waals surface area contributed by atoms with Gasteiger partial charge in [-0.1, -0.05) is 140 Å². The molecule has 0 bridgehead atoms. The molecule has 0 spiro atoms. The predicted molar refractivity (Wildman–Crippen MR) is 204 cm³/mol. The summed E-state index contributed by atoms with van der Waals surface area (Å²) in [6, 6.07) is 59.2. The first-order valence-corrected chi connectivity index (χ1v) is 16.8. The number of pyridine rings is 1. The van der Waals surface area contributed by atoms with E-state index in [4.69, 9.17) is 15.0 Å². The van der Waals surface area contributed by atoms with Gasteiger partial charge in [-0.25, -0.2) is 15.0 Å². The van der Waals surface area contributed by atoms with Crippen molar-refractivity contribution in [2.45, 2.75) is 0 Å². The molecule has 0 saturated carbocycles. The fourth-order valence-corrected chi connectivity index (χ4v) is 7.33. The predicted octanol–water partition coefficient (Wildman–Crippen LogP) is 11.0. The molecule has 0 unspecified atom stereocenters. The summed E-state index contributed by atoms with van der Waals surface area (Å²) in [5.74, 6) is 1.95. The lowest BCUT2D eigenvalue weighted by atomic mass is 10.0. The molecule has 0 fully saturated rings. The molecule has 10 rings (SSSR count). The van der Waals surface area contributed by atoms with E-state index in [1.807, 2.05) is 60.7 Å². The largest absolute Gasteiger partial charge is 0.314 e. The van der Waals surface area contributed by atoms with Gasteiger partial charge in [0.05, 0.1) is 22.1 Å². The maximum absolute atomic E-state index is 4.97. The van der Waals surface area contributed by atoms with Crippen molar-refractivity contribution < 1.29 is 0 Å². The minimum atomic E-state index is 0.641. The number of aromatic nitrogens is 5. The van der Waals surface area contributed by atoms with E-state index in [-0.39, 0.29) is 0 Å². The number of fused-ring (bicyclic) bond motifs is 7. The number of para-hydroxylation sites is 3. The maximum atomic E-state index is 4.97. The van der Waals surface area contributed by atoms with Crippen molar-refractivity contribution in [1.29, 1.82) is 0 Å². The molecule has 0 amide bonds. The summed E-state index contributed by atoms with van der Waals surface area (Å²) in [5.41, 5.74) is 11.0. The smallest absolute Gasteiger partial charge is 0.164 e. The molecule has 4 heterocycles. The fraction of sp³-hybridized carbons (Fsp3) is 0. The first-order valence-electron chi connectivity index (χ1n) is 16.8. The van der Waals surface area contributed by atoms with Crippen LogP contribution in [0.15, 0.2) is 176 Å². The third-order valence-corrected chi connectivity index (χ3v) is 9.58. The second kappa shape index (κ2) is 11.4. The molecule has 6 aromatic carbocycles. The lowest BCUT2D eigenvalue weighted by Gasteiger charge is -2.11. The second-order valence-electron chi connectivity index (χ2n) is 12.5. The van der Waals surface area contributed by atoms with Gasteiger partial charge in [-0.3, -0.25) is 0 Å². The lowest BCUT2D eigenvalue weighted by Crippen LogP contribution is -2.00. The van der Waals surface area contributed by atoms with Crippen molar-refractivity contribution in [3.63, 3.8) is 0 Å².